The van der Waals surface area contributed by atoms with Gasteiger partial charge in [-0.1, -0.05) is 49.7 Å². The highest BCUT2D eigenvalue weighted by atomic mass is 16.1. The first-order chi connectivity index (χ1) is 8.08. The van der Waals surface area contributed by atoms with Gasteiger partial charge >= 0.3 is 0 Å². The fraction of sp³-hybridized carbons (Fsp3) is 0.267. The normalized spacial score (nSPS) is 10.8. The van der Waals surface area contributed by atoms with Gasteiger partial charge in [-0.2, -0.15) is 0 Å². The fourth-order valence-electron chi connectivity index (χ4n) is 1.79. The van der Waals surface area contributed by atoms with Gasteiger partial charge in [-0.05, 0) is 18.4 Å². The fourth-order valence-corrected chi connectivity index (χ4v) is 1.79. The summed E-state index contributed by atoms with van der Waals surface area (Å²) in [5.74, 6) is 0.0498. The van der Waals surface area contributed by atoms with E-state index in [1.807, 2.05) is 26.0 Å². The zero-order valence-electron chi connectivity index (χ0n) is 10.4. The standard InChI is InChI=1S/C15H17NO/c1-10(2)15(17)16-14-6-4-5-12-9-11(3)7-8-13(12)14/h4-10H,1-3H3,(H,16,17). The molecule has 0 fully saturated rings. The van der Waals surface area contributed by atoms with Crippen LogP contribution in [-0.2, 0) is 4.79 Å². The topological polar surface area (TPSA) is 29.1 Å². The van der Waals surface area contributed by atoms with Crippen molar-refractivity contribution in [3.05, 3.63) is 42.0 Å². The van der Waals surface area contributed by atoms with Gasteiger partial charge in [0.15, 0.2) is 0 Å². The summed E-state index contributed by atoms with van der Waals surface area (Å²) < 4.78 is 0. The van der Waals surface area contributed by atoms with E-state index in [-0.39, 0.29) is 11.8 Å². The summed E-state index contributed by atoms with van der Waals surface area (Å²) in [6.45, 7) is 5.86. The van der Waals surface area contributed by atoms with Crippen LogP contribution in [0.1, 0.15) is 19.4 Å². The van der Waals surface area contributed by atoms with Gasteiger partial charge in [-0.25, -0.2) is 0 Å². The number of carbonyl (C=O) groups excluding carboxylic acids is 1. The van der Waals surface area contributed by atoms with Gasteiger partial charge in [-0.3, -0.25) is 4.79 Å². The van der Waals surface area contributed by atoms with Crippen molar-refractivity contribution < 1.29 is 4.79 Å². The largest absolute Gasteiger partial charge is 0.325 e. The van der Waals surface area contributed by atoms with E-state index in [4.69, 9.17) is 0 Å². The molecule has 0 aliphatic carbocycles. The van der Waals surface area contributed by atoms with Gasteiger partial charge in [0.2, 0.25) is 5.91 Å². The average Bonchev–Trinajstić information content (AvgIpc) is 2.28. The maximum atomic E-state index is 11.7. The van der Waals surface area contributed by atoms with Crippen LogP contribution >= 0.6 is 0 Å². The third-order valence-corrected chi connectivity index (χ3v) is 2.82. The Bertz CT molecular complexity index is 558. The molecule has 0 heterocycles. The lowest BCUT2D eigenvalue weighted by Crippen LogP contribution is -2.17. The predicted molar refractivity (Wildman–Crippen MR) is 72.2 cm³/mol. The Morgan fingerprint density at radius 1 is 1.18 bits per heavy atom. The second-order valence-corrected chi connectivity index (χ2v) is 4.67. The van der Waals surface area contributed by atoms with E-state index in [1.54, 1.807) is 0 Å². The second kappa shape index (κ2) is 4.58. The van der Waals surface area contributed by atoms with Crippen LogP contribution in [0.2, 0.25) is 0 Å². The van der Waals surface area contributed by atoms with Gasteiger partial charge in [0.05, 0.1) is 0 Å². The molecule has 2 aromatic rings. The smallest absolute Gasteiger partial charge is 0.226 e. The molecule has 88 valence electrons. The number of hydrogen-bond acceptors (Lipinski definition) is 1. The third-order valence-electron chi connectivity index (χ3n) is 2.82. The monoisotopic (exact) mass is 227 g/mol. The molecular weight excluding hydrogens is 210 g/mol. The molecule has 2 nitrogen and oxygen atoms in total. The van der Waals surface area contributed by atoms with Crippen molar-refractivity contribution in [1.29, 1.82) is 0 Å². The lowest BCUT2D eigenvalue weighted by atomic mass is 10.1. The van der Waals surface area contributed by atoms with E-state index in [0.717, 1.165) is 16.5 Å². The van der Waals surface area contributed by atoms with Crippen molar-refractivity contribution >= 4 is 22.4 Å². The van der Waals surface area contributed by atoms with Crippen molar-refractivity contribution in [2.75, 3.05) is 5.32 Å². The lowest BCUT2D eigenvalue weighted by molar-refractivity contribution is -0.118. The summed E-state index contributed by atoms with van der Waals surface area (Å²) >= 11 is 0. The van der Waals surface area contributed by atoms with Gasteiger partial charge in [0, 0.05) is 17.0 Å². The average molecular weight is 227 g/mol. The summed E-state index contributed by atoms with van der Waals surface area (Å²) in [4.78, 5) is 11.7. The molecule has 0 unspecified atom stereocenters. The molecule has 0 radical (unpaired) electrons. The first kappa shape index (κ1) is 11.6. The minimum Gasteiger partial charge on any atom is -0.325 e. The maximum absolute atomic E-state index is 11.7. The highest BCUT2D eigenvalue weighted by Crippen LogP contribution is 2.24. The van der Waals surface area contributed by atoms with Crippen LogP contribution in [0.3, 0.4) is 0 Å². The Kier molecular flexibility index (Phi) is 3.14. The first-order valence-electron chi connectivity index (χ1n) is 5.88. The Hall–Kier alpha value is -1.83. The maximum Gasteiger partial charge on any atom is 0.226 e. The van der Waals surface area contributed by atoms with Gasteiger partial charge < -0.3 is 5.32 Å². The van der Waals surface area contributed by atoms with E-state index in [0.29, 0.717) is 0 Å². The Balaban J connectivity index is 2.44. The highest BCUT2D eigenvalue weighted by molar-refractivity contribution is 6.02. The highest BCUT2D eigenvalue weighted by Gasteiger charge is 2.08. The van der Waals surface area contributed by atoms with Crippen LogP contribution in [0.4, 0.5) is 5.69 Å². The van der Waals surface area contributed by atoms with Crippen LogP contribution < -0.4 is 5.32 Å². The molecule has 0 spiro atoms. The SMILES string of the molecule is Cc1ccc2c(NC(=O)C(C)C)cccc2c1. The summed E-state index contributed by atoms with van der Waals surface area (Å²) in [5, 5.41) is 5.21. The lowest BCUT2D eigenvalue weighted by Gasteiger charge is -2.10. The summed E-state index contributed by atoms with van der Waals surface area (Å²) in [5.41, 5.74) is 2.12. The molecule has 0 saturated carbocycles. The van der Waals surface area contributed by atoms with E-state index in [1.165, 1.54) is 5.56 Å². The van der Waals surface area contributed by atoms with Gasteiger partial charge in [0.25, 0.3) is 0 Å². The molecule has 1 amide bonds. The number of nitrogens with one attached hydrogen (secondary N) is 1. The Labute approximate surface area is 102 Å². The predicted octanol–water partition coefficient (Wildman–Crippen LogP) is 3.74. The van der Waals surface area contributed by atoms with Crippen molar-refractivity contribution in [2.24, 2.45) is 5.92 Å². The van der Waals surface area contributed by atoms with Crippen LogP contribution in [0, 0.1) is 12.8 Å². The van der Waals surface area contributed by atoms with Crippen molar-refractivity contribution in [3.63, 3.8) is 0 Å². The summed E-state index contributed by atoms with van der Waals surface area (Å²) in [7, 11) is 0. The Morgan fingerprint density at radius 2 is 1.94 bits per heavy atom. The zero-order chi connectivity index (χ0) is 12.4. The number of fused-ring (bicyclic) bond motifs is 1. The van der Waals surface area contributed by atoms with Gasteiger partial charge in [0.1, 0.15) is 0 Å². The van der Waals surface area contributed by atoms with Crippen molar-refractivity contribution in [1.82, 2.24) is 0 Å². The van der Waals surface area contributed by atoms with Crippen LogP contribution in [-0.4, -0.2) is 5.91 Å². The van der Waals surface area contributed by atoms with E-state index in [2.05, 4.69) is 36.5 Å². The molecule has 0 atom stereocenters. The molecule has 2 rings (SSSR count). The van der Waals surface area contributed by atoms with E-state index < -0.39 is 0 Å². The minimum absolute atomic E-state index is 0.00398. The molecule has 0 saturated heterocycles. The number of rotatable bonds is 2. The number of hydrogen-bond donors (Lipinski definition) is 1. The molecule has 0 aromatic heterocycles. The summed E-state index contributed by atoms with van der Waals surface area (Å²) in [6, 6.07) is 12.2. The van der Waals surface area contributed by atoms with Crippen LogP contribution in [0.5, 0.6) is 0 Å². The van der Waals surface area contributed by atoms with Crippen molar-refractivity contribution in [2.45, 2.75) is 20.8 Å². The molecular formula is C15H17NO. The molecule has 1 N–H and O–H groups in total. The van der Waals surface area contributed by atoms with Crippen LogP contribution in [0.15, 0.2) is 36.4 Å². The van der Waals surface area contributed by atoms with E-state index in [9.17, 15) is 4.79 Å². The molecule has 17 heavy (non-hydrogen) atoms. The van der Waals surface area contributed by atoms with E-state index >= 15 is 0 Å². The number of aryl methyl sites for hydroxylation is 1. The second-order valence-electron chi connectivity index (χ2n) is 4.67. The van der Waals surface area contributed by atoms with Gasteiger partial charge in [-0.15, -0.1) is 0 Å². The number of amides is 1. The molecule has 0 aliphatic heterocycles. The number of anilines is 1. The first-order valence-corrected chi connectivity index (χ1v) is 5.88. The molecule has 2 aromatic carbocycles. The third kappa shape index (κ3) is 2.47. The molecule has 0 bridgehead atoms. The van der Waals surface area contributed by atoms with Crippen molar-refractivity contribution in [3.8, 4) is 0 Å². The molecule has 2 heteroatoms. The number of benzene rings is 2. The zero-order valence-corrected chi connectivity index (χ0v) is 10.4. The minimum atomic E-state index is -0.00398. The Morgan fingerprint density at radius 3 is 2.65 bits per heavy atom. The van der Waals surface area contributed by atoms with Crippen LogP contribution in [0.25, 0.3) is 10.8 Å². The number of carbonyl (C=O) groups is 1. The molecule has 0 aliphatic rings. The quantitative estimate of drug-likeness (QED) is 0.831. The summed E-state index contributed by atoms with van der Waals surface area (Å²) in [6.07, 6.45) is 0.